The Morgan fingerprint density at radius 2 is 2.17 bits per heavy atom. The van der Waals surface area contributed by atoms with E-state index in [0.717, 1.165) is 18.7 Å². The topological polar surface area (TPSA) is 60.8 Å². The molecule has 0 radical (unpaired) electrons. The number of phenols is 1. The summed E-state index contributed by atoms with van der Waals surface area (Å²) in [4.78, 5) is 12.7. The molecule has 0 amide bonds. The average molecular weight is 251 g/mol. The van der Waals surface area contributed by atoms with E-state index in [4.69, 9.17) is 5.11 Å². The van der Waals surface area contributed by atoms with Crippen LogP contribution in [0.25, 0.3) is 0 Å². The first-order chi connectivity index (χ1) is 8.54. The highest BCUT2D eigenvalue weighted by molar-refractivity contribution is 5.66. The summed E-state index contributed by atoms with van der Waals surface area (Å²) >= 11 is 0. The second-order valence-electron chi connectivity index (χ2n) is 4.40. The van der Waals surface area contributed by atoms with E-state index in [-0.39, 0.29) is 18.2 Å². The third kappa shape index (κ3) is 4.37. The predicted molar refractivity (Wildman–Crippen MR) is 70.6 cm³/mol. The van der Waals surface area contributed by atoms with Crippen LogP contribution >= 0.6 is 0 Å². The highest BCUT2D eigenvalue weighted by Gasteiger charge is 2.14. The van der Waals surface area contributed by atoms with Crippen molar-refractivity contribution in [3.05, 3.63) is 29.8 Å². The first-order valence-corrected chi connectivity index (χ1v) is 6.29. The van der Waals surface area contributed by atoms with Crippen molar-refractivity contribution in [2.45, 2.75) is 32.7 Å². The van der Waals surface area contributed by atoms with E-state index in [9.17, 15) is 9.90 Å². The minimum absolute atomic E-state index is 0.177. The van der Waals surface area contributed by atoms with E-state index >= 15 is 0 Å². The monoisotopic (exact) mass is 251 g/mol. The van der Waals surface area contributed by atoms with Crippen LogP contribution in [-0.4, -0.2) is 34.2 Å². The van der Waals surface area contributed by atoms with Gasteiger partial charge in [-0.1, -0.05) is 19.1 Å². The molecule has 18 heavy (non-hydrogen) atoms. The summed E-state index contributed by atoms with van der Waals surface area (Å²) in [6.45, 7) is 5.73. The number of carbonyl (C=O) groups is 1. The van der Waals surface area contributed by atoms with Crippen LogP contribution in [0.15, 0.2) is 24.3 Å². The third-order valence-electron chi connectivity index (χ3n) is 3.14. The largest absolute Gasteiger partial charge is 0.508 e. The zero-order valence-corrected chi connectivity index (χ0v) is 11.0. The molecule has 0 fully saturated rings. The smallest absolute Gasteiger partial charge is 0.303 e. The van der Waals surface area contributed by atoms with E-state index in [1.54, 1.807) is 12.1 Å². The number of benzene rings is 1. The van der Waals surface area contributed by atoms with E-state index in [0.29, 0.717) is 6.42 Å². The number of carboxylic acids is 1. The first-order valence-electron chi connectivity index (χ1n) is 6.29. The Kier molecular flexibility index (Phi) is 5.65. The molecule has 0 aromatic heterocycles. The van der Waals surface area contributed by atoms with Gasteiger partial charge in [0.1, 0.15) is 5.75 Å². The summed E-state index contributed by atoms with van der Waals surface area (Å²) in [5.41, 5.74) is 1.05. The molecule has 0 aliphatic rings. The Bertz CT molecular complexity index is 392. The molecule has 4 heteroatoms. The fourth-order valence-corrected chi connectivity index (χ4v) is 2.05. The van der Waals surface area contributed by atoms with Crippen LogP contribution in [0, 0.1) is 0 Å². The molecule has 0 saturated heterocycles. The fraction of sp³-hybridized carbons (Fsp3) is 0.500. The summed E-state index contributed by atoms with van der Waals surface area (Å²) in [6.07, 6.45) is 0.843. The van der Waals surface area contributed by atoms with Crippen molar-refractivity contribution in [2.75, 3.05) is 13.1 Å². The predicted octanol–water partition coefficient (Wildman–Crippen LogP) is 2.64. The Balaban J connectivity index is 2.61. The average Bonchev–Trinajstić information content (AvgIpc) is 2.33. The summed E-state index contributed by atoms with van der Waals surface area (Å²) in [7, 11) is 0. The van der Waals surface area contributed by atoms with Gasteiger partial charge in [0, 0.05) is 12.5 Å². The van der Waals surface area contributed by atoms with Crippen LogP contribution in [0.4, 0.5) is 0 Å². The maximum Gasteiger partial charge on any atom is 0.303 e. The van der Waals surface area contributed by atoms with Crippen molar-refractivity contribution in [3.63, 3.8) is 0 Å². The number of carboxylic acid groups (broad SMARTS) is 1. The maximum atomic E-state index is 10.5. The lowest BCUT2D eigenvalue weighted by atomic mass is 10.1. The zero-order valence-electron chi connectivity index (χ0n) is 11.0. The minimum atomic E-state index is -0.754. The molecule has 0 aliphatic carbocycles. The molecule has 0 bridgehead atoms. The Hall–Kier alpha value is -1.55. The van der Waals surface area contributed by atoms with Crippen molar-refractivity contribution in [2.24, 2.45) is 0 Å². The number of rotatable bonds is 7. The Morgan fingerprint density at radius 1 is 1.44 bits per heavy atom. The van der Waals surface area contributed by atoms with Crippen molar-refractivity contribution in [1.82, 2.24) is 4.90 Å². The third-order valence-corrected chi connectivity index (χ3v) is 3.14. The molecule has 1 aromatic rings. The van der Waals surface area contributed by atoms with Gasteiger partial charge in [-0.15, -0.1) is 0 Å². The Labute approximate surface area is 108 Å². The van der Waals surface area contributed by atoms with Gasteiger partial charge in [0.15, 0.2) is 0 Å². The number of hydrogen-bond acceptors (Lipinski definition) is 3. The highest BCUT2D eigenvalue weighted by Crippen LogP contribution is 2.23. The molecule has 1 unspecified atom stereocenters. The van der Waals surface area contributed by atoms with E-state index in [1.165, 1.54) is 0 Å². The second kappa shape index (κ2) is 7.01. The summed E-state index contributed by atoms with van der Waals surface area (Å²) in [6, 6.07) is 7.38. The molecule has 0 heterocycles. The van der Waals surface area contributed by atoms with Gasteiger partial charge in [0.2, 0.25) is 0 Å². The summed E-state index contributed by atoms with van der Waals surface area (Å²) in [5, 5.41) is 18.1. The van der Waals surface area contributed by atoms with Gasteiger partial charge >= 0.3 is 5.97 Å². The van der Waals surface area contributed by atoms with Gasteiger partial charge in [-0.2, -0.15) is 0 Å². The molecular formula is C14H21NO3. The standard InChI is InChI=1S/C14H21NO3/c1-3-15(9-5-8-14(17)18)11(2)12-6-4-7-13(16)10-12/h4,6-7,10-11,16H,3,5,8-9H2,1-2H3,(H,17,18). The van der Waals surface area contributed by atoms with Crippen LogP contribution in [0.1, 0.15) is 38.3 Å². The molecule has 1 aromatic carbocycles. The van der Waals surface area contributed by atoms with Crippen LogP contribution in [-0.2, 0) is 4.79 Å². The quantitative estimate of drug-likeness (QED) is 0.782. The van der Waals surface area contributed by atoms with Crippen LogP contribution < -0.4 is 0 Å². The molecule has 0 spiro atoms. The number of hydrogen-bond donors (Lipinski definition) is 2. The second-order valence-corrected chi connectivity index (χ2v) is 4.40. The Morgan fingerprint density at radius 3 is 2.72 bits per heavy atom. The molecule has 100 valence electrons. The molecule has 2 N–H and O–H groups in total. The lowest BCUT2D eigenvalue weighted by Gasteiger charge is -2.28. The number of phenolic OH excluding ortho intramolecular Hbond substituents is 1. The van der Waals surface area contributed by atoms with E-state index in [1.807, 2.05) is 12.1 Å². The van der Waals surface area contributed by atoms with Crippen LogP contribution in [0.2, 0.25) is 0 Å². The zero-order chi connectivity index (χ0) is 13.5. The lowest BCUT2D eigenvalue weighted by Crippen LogP contribution is -2.28. The number of nitrogens with zero attached hydrogens (tertiary/aromatic N) is 1. The van der Waals surface area contributed by atoms with Crippen LogP contribution in [0.5, 0.6) is 5.75 Å². The first kappa shape index (κ1) is 14.5. The van der Waals surface area contributed by atoms with Crippen molar-refractivity contribution >= 4 is 5.97 Å². The minimum Gasteiger partial charge on any atom is -0.508 e. The summed E-state index contributed by atoms with van der Waals surface area (Å²) in [5.74, 6) is -0.489. The van der Waals surface area contributed by atoms with Crippen molar-refractivity contribution in [3.8, 4) is 5.75 Å². The van der Waals surface area contributed by atoms with Crippen molar-refractivity contribution < 1.29 is 15.0 Å². The van der Waals surface area contributed by atoms with E-state index < -0.39 is 5.97 Å². The molecule has 1 atom stereocenters. The van der Waals surface area contributed by atoms with Gasteiger partial charge in [0.25, 0.3) is 0 Å². The molecule has 1 rings (SSSR count). The molecule has 0 saturated carbocycles. The number of aliphatic carboxylic acids is 1. The SMILES string of the molecule is CCN(CCCC(=O)O)C(C)c1cccc(O)c1. The normalized spacial score (nSPS) is 12.6. The summed E-state index contributed by atoms with van der Waals surface area (Å²) < 4.78 is 0. The molecule has 4 nitrogen and oxygen atoms in total. The van der Waals surface area contributed by atoms with Gasteiger partial charge in [-0.05, 0) is 44.1 Å². The van der Waals surface area contributed by atoms with Gasteiger partial charge < -0.3 is 10.2 Å². The van der Waals surface area contributed by atoms with E-state index in [2.05, 4.69) is 18.7 Å². The fourth-order valence-electron chi connectivity index (χ4n) is 2.05. The number of aromatic hydroxyl groups is 1. The van der Waals surface area contributed by atoms with Gasteiger partial charge in [-0.25, -0.2) is 0 Å². The van der Waals surface area contributed by atoms with Crippen LogP contribution in [0.3, 0.4) is 0 Å². The van der Waals surface area contributed by atoms with Crippen molar-refractivity contribution in [1.29, 1.82) is 0 Å². The van der Waals surface area contributed by atoms with Gasteiger partial charge in [-0.3, -0.25) is 9.69 Å². The van der Waals surface area contributed by atoms with Gasteiger partial charge in [0.05, 0.1) is 0 Å². The lowest BCUT2D eigenvalue weighted by molar-refractivity contribution is -0.137. The highest BCUT2D eigenvalue weighted by atomic mass is 16.4. The maximum absolute atomic E-state index is 10.5. The molecular weight excluding hydrogens is 230 g/mol. The molecule has 0 aliphatic heterocycles.